The molecular formula is C17H27ClN2O. The lowest BCUT2D eigenvalue weighted by Gasteiger charge is -2.35. The Morgan fingerprint density at radius 2 is 2.10 bits per heavy atom. The van der Waals surface area contributed by atoms with E-state index in [9.17, 15) is 4.79 Å². The van der Waals surface area contributed by atoms with Gasteiger partial charge in [0.25, 0.3) is 0 Å². The first-order valence-corrected chi connectivity index (χ1v) is 7.68. The van der Waals surface area contributed by atoms with Gasteiger partial charge in [-0.25, -0.2) is 0 Å². The average molecular weight is 311 g/mol. The molecule has 0 aliphatic carbocycles. The number of carbonyl (C=O) groups is 1. The molecule has 1 amide bonds. The molecule has 1 aliphatic rings. The third-order valence-corrected chi connectivity index (χ3v) is 4.42. The summed E-state index contributed by atoms with van der Waals surface area (Å²) in [7, 11) is 0. The van der Waals surface area contributed by atoms with Crippen molar-refractivity contribution in [3.05, 3.63) is 35.4 Å². The molecule has 1 heterocycles. The van der Waals surface area contributed by atoms with Gasteiger partial charge < -0.3 is 10.6 Å². The predicted molar refractivity (Wildman–Crippen MR) is 89.9 cm³/mol. The lowest BCUT2D eigenvalue weighted by molar-refractivity contribution is -0.135. The molecule has 0 saturated carbocycles. The predicted octanol–water partition coefficient (Wildman–Crippen LogP) is 3.25. The molecule has 1 fully saturated rings. The monoisotopic (exact) mass is 310 g/mol. The zero-order chi connectivity index (χ0) is 14.5. The maximum absolute atomic E-state index is 12.5. The summed E-state index contributed by atoms with van der Waals surface area (Å²) in [4.78, 5) is 14.5. The summed E-state index contributed by atoms with van der Waals surface area (Å²) in [5, 5.41) is 0. The molecule has 2 N–H and O–H groups in total. The van der Waals surface area contributed by atoms with Crippen LogP contribution in [-0.4, -0.2) is 29.9 Å². The highest BCUT2D eigenvalue weighted by atomic mass is 35.5. The second-order valence-corrected chi connectivity index (χ2v) is 5.93. The van der Waals surface area contributed by atoms with E-state index in [0.29, 0.717) is 13.0 Å². The molecule has 2 unspecified atom stereocenters. The van der Waals surface area contributed by atoms with Crippen LogP contribution >= 0.6 is 12.4 Å². The molecule has 1 saturated heterocycles. The van der Waals surface area contributed by atoms with Crippen LogP contribution in [0.4, 0.5) is 0 Å². The second-order valence-electron chi connectivity index (χ2n) is 5.93. The van der Waals surface area contributed by atoms with Gasteiger partial charge in [-0.2, -0.15) is 0 Å². The molecule has 2 atom stereocenters. The summed E-state index contributed by atoms with van der Waals surface area (Å²) < 4.78 is 0. The number of amides is 1. The van der Waals surface area contributed by atoms with E-state index in [1.54, 1.807) is 0 Å². The van der Waals surface area contributed by atoms with E-state index in [-0.39, 0.29) is 30.3 Å². The Hall–Kier alpha value is -1.06. The number of halogens is 1. The fourth-order valence-electron chi connectivity index (χ4n) is 3.20. The summed E-state index contributed by atoms with van der Waals surface area (Å²) in [6.07, 6.45) is 3.95. The van der Waals surface area contributed by atoms with Crippen molar-refractivity contribution in [2.24, 2.45) is 5.73 Å². The fourth-order valence-corrected chi connectivity index (χ4v) is 3.20. The summed E-state index contributed by atoms with van der Waals surface area (Å²) in [6.45, 7) is 5.72. The molecule has 0 aromatic heterocycles. The van der Waals surface area contributed by atoms with Gasteiger partial charge in [-0.1, -0.05) is 31.2 Å². The van der Waals surface area contributed by atoms with E-state index in [1.165, 1.54) is 17.5 Å². The molecule has 118 valence electrons. The summed E-state index contributed by atoms with van der Waals surface area (Å²) in [5.41, 5.74) is 8.35. The number of nitrogens with zero attached hydrogens (tertiary/aromatic N) is 1. The molecule has 4 heteroatoms. The summed E-state index contributed by atoms with van der Waals surface area (Å²) in [5.74, 6) is 0.528. The van der Waals surface area contributed by atoms with Crippen molar-refractivity contribution in [3.8, 4) is 0 Å². The minimum Gasteiger partial charge on any atom is -0.338 e. The normalized spacial score (nSPS) is 19.8. The summed E-state index contributed by atoms with van der Waals surface area (Å²) >= 11 is 0. The maximum atomic E-state index is 12.5. The van der Waals surface area contributed by atoms with Crippen molar-refractivity contribution in [3.63, 3.8) is 0 Å². The zero-order valence-corrected chi connectivity index (χ0v) is 13.9. The molecule has 0 radical (unpaired) electrons. The Kier molecular flexibility index (Phi) is 7.20. The number of rotatable bonds is 4. The Balaban J connectivity index is 0.00000220. The minimum absolute atomic E-state index is 0. The molecule has 1 aromatic carbocycles. The topological polar surface area (TPSA) is 46.3 Å². The molecule has 0 bridgehead atoms. The average Bonchev–Trinajstić information content (AvgIpc) is 2.47. The van der Waals surface area contributed by atoms with E-state index >= 15 is 0 Å². The molecule has 0 spiro atoms. The van der Waals surface area contributed by atoms with Gasteiger partial charge in [0, 0.05) is 25.6 Å². The highest BCUT2D eigenvalue weighted by Gasteiger charge is 2.26. The Morgan fingerprint density at radius 1 is 1.38 bits per heavy atom. The standard InChI is InChI=1S/C17H26N2O.ClH/c1-13-7-3-4-9-16(13)14(2)11-17(20)19-10-6-5-8-15(19)12-18;/h3-4,7,9,14-15H,5-6,8,10-12,18H2,1-2H3;1H. The van der Waals surface area contributed by atoms with Crippen molar-refractivity contribution >= 4 is 18.3 Å². The van der Waals surface area contributed by atoms with Gasteiger partial charge in [-0.15, -0.1) is 12.4 Å². The molecular weight excluding hydrogens is 284 g/mol. The van der Waals surface area contributed by atoms with Crippen LogP contribution in [0.25, 0.3) is 0 Å². The number of likely N-dealkylation sites (tertiary alicyclic amines) is 1. The number of benzene rings is 1. The van der Waals surface area contributed by atoms with Crippen LogP contribution in [0.2, 0.25) is 0 Å². The van der Waals surface area contributed by atoms with Crippen molar-refractivity contribution in [2.45, 2.75) is 51.5 Å². The van der Waals surface area contributed by atoms with Gasteiger partial charge in [-0.3, -0.25) is 4.79 Å². The van der Waals surface area contributed by atoms with Crippen molar-refractivity contribution in [1.82, 2.24) is 4.90 Å². The second kappa shape index (κ2) is 8.40. The molecule has 3 nitrogen and oxygen atoms in total. The quantitative estimate of drug-likeness (QED) is 0.928. The van der Waals surface area contributed by atoms with E-state index < -0.39 is 0 Å². The fraction of sp³-hybridized carbons (Fsp3) is 0.588. The molecule has 1 aromatic rings. The van der Waals surface area contributed by atoms with Crippen LogP contribution in [0, 0.1) is 6.92 Å². The number of hydrogen-bond acceptors (Lipinski definition) is 2. The van der Waals surface area contributed by atoms with Crippen LogP contribution in [-0.2, 0) is 4.79 Å². The number of carbonyl (C=O) groups excluding carboxylic acids is 1. The lowest BCUT2D eigenvalue weighted by atomic mass is 9.92. The number of piperidine rings is 1. The first-order chi connectivity index (χ1) is 9.63. The SMILES string of the molecule is Cc1ccccc1C(C)CC(=O)N1CCCCC1CN.Cl. The van der Waals surface area contributed by atoms with Crippen molar-refractivity contribution in [1.29, 1.82) is 0 Å². The van der Waals surface area contributed by atoms with Gasteiger partial charge in [-0.05, 0) is 43.2 Å². The van der Waals surface area contributed by atoms with Crippen LogP contribution < -0.4 is 5.73 Å². The molecule has 21 heavy (non-hydrogen) atoms. The van der Waals surface area contributed by atoms with Gasteiger partial charge in [0.05, 0.1) is 0 Å². The van der Waals surface area contributed by atoms with E-state index in [1.807, 2.05) is 17.0 Å². The number of hydrogen-bond donors (Lipinski definition) is 1. The minimum atomic E-state index is 0. The Morgan fingerprint density at radius 3 is 2.76 bits per heavy atom. The Bertz CT molecular complexity index is 464. The molecule has 1 aliphatic heterocycles. The number of nitrogens with two attached hydrogens (primary N) is 1. The van der Waals surface area contributed by atoms with E-state index in [0.717, 1.165) is 19.4 Å². The largest absolute Gasteiger partial charge is 0.338 e. The van der Waals surface area contributed by atoms with Crippen LogP contribution in [0.15, 0.2) is 24.3 Å². The third-order valence-electron chi connectivity index (χ3n) is 4.42. The number of aryl methyl sites for hydroxylation is 1. The van der Waals surface area contributed by atoms with E-state index in [2.05, 4.69) is 26.0 Å². The van der Waals surface area contributed by atoms with Gasteiger partial charge in [0.15, 0.2) is 0 Å². The smallest absolute Gasteiger partial charge is 0.223 e. The third kappa shape index (κ3) is 4.45. The van der Waals surface area contributed by atoms with Crippen molar-refractivity contribution < 1.29 is 4.79 Å². The van der Waals surface area contributed by atoms with Crippen LogP contribution in [0.5, 0.6) is 0 Å². The van der Waals surface area contributed by atoms with Gasteiger partial charge in [0.1, 0.15) is 0 Å². The highest BCUT2D eigenvalue weighted by Crippen LogP contribution is 2.25. The zero-order valence-electron chi connectivity index (χ0n) is 13.0. The van der Waals surface area contributed by atoms with E-state index in [4.69, 9.17) is 5.73 Å². The maximum Gasteiger partial charge on any atom is 0.223 e. The molecule has 2 rings (SSSR count). The van der Waals surface area contributed by atoms with Gasteiger partial charge >= 0.3 is 0 Å². The lowest BCUT2D eigenvalue weighted by Crippen LogP contribution is -2.47. The first kappa shape index (κ1) is 18.0. The van der Waals surface area contributed by atoms with Gasteiger partial charge in [0.2, 0.25) is 5.91 Å². The first-order valence-electron chi connectivity index (χ1n) is 7.68. The summed E-state index contributed by atoms with van der Waals surface area (Å²) in [6, 6.07) is 8.58. The Labute approximate surface area is 134 Å². The highest BCUT2D eigenvalue weighted by molar-refractivity contribution is 5.85. The van der Waals surface area contributed by atoms with Crippen LogP contribution in [0.1, 0.15) is 49.7 Å². The van der Waals surface area contributed by atoms with Crippen molar-refractivity contribution in [2.75, 3.05) is 13.1 Å². The van der Waals surface area contributed by atoms with Crippen LogP contribution in [0.3, 0.4) is 0 Å².